The first-order valence-electron chi connectivity index (χ1n) is 5.74. The van der Waals surface area contributed by atoms with E-state index >= 15 is 0 Å². The molecule has 1 nitrogen and oxygen atoms in total. The van der Waals surface area contributed by atoms with E-state index in [9.17, 15) is 4.39 Å². The highest BCUT2D eigenvalue weighted by Gasteiger charge is 2.33. The molecule has 0 spiro atoms. The van der Waals surface area contributed by atoms with Crippen LogP contribution in [0, 0.1) is 11.2 Å². The van der Waals surface area contributed by atoms with E-state index in [1.807, 2.05) is 0 Å². The van der Waals surface area contributed by atoms with Crippen LogP contribution in [0.15, 0.2) is 24.3 Å². The van der Waals surface area contributed by atoms with Gasteiger partial charge in [0.2, 0.25) is 0 Å². The average Bonchev–Trinajstić information content (AvgIpc) is 2.78. The maximum absolute atomic E-state index is 13.3. The molecule has 0 saturated heterocycles. The van der Waals surface area contributed by atoms with Crippen molar-refractivity contribution in [3.05, 3.63) is 30.1 Å². The first-order valence-corrected chi connectivity index (χ1v) is 6.37. The van der Waals surface area contributed by atoms with E-state index in [0.29, 0.717) is 12.4 Å². The zero-order valence-corrected chi connectivity index (χ0v) is 10.2. The lowest BCUT2D eigenvalue weighted by Gasteiger charge is -2.26. The third-order valence-corrected chi connectivity index (χ3v) is 4.04. The summed E-state index contributed by atoms with van der Waals surface area (Å²) in [6, 6.07) is 6.57. The second-order valence-electron chi connectivity index (χ2n) is 4.58. The van der Waals surface area contributed by atoms with E-state index in [2.05, 4.69) is 12.6 Å². The van der Waals surface area contributed by atoms with Crippen LogP contribution >= 0.6 is 12.6 Å². The molecule has 0 unspecified atom stereocenters. The number of hydrogen-bond donors (Lipinski definition) is 1. The third kappa shape index (κ3) is 2.51. The van der Waals surface area contributed by atoms with Gasteiger partial charge in [-0.25, -0.2) is 4.39 Å². The molecule has 0 radical (unpaired) electrons. The van der Waals surface area contributed by atoms with E-state index < -0.39 is 0 Å². The Hall–Kier alpha value is -0.700. The lowest BCUT2D eigenvalue weighted by atomic mass is 9.90. The molecule has 0 aromatic heterocycles. The number of rotatable bonds is 4. The molecule has 0 atom stereocenters. The van der Waals surface area contributed by atoms with Crippen molar-refractivity contribution in [3.63, 3.8) is 0 Å². The molecule has 1 aromatic carbocycles. The van der Waals surface area contributed by atoms with Crippen molar-refractivity contribution in [2.75, 3.05) is 12.4 Å². The Morgan fingerprint density at radius 3 is 2.56 bits per heavy atom. The Balaban J connectivity index is 1.98. The van der Waals surface area contributed by atoms with Crippen LogP contribution < -0.4 is 4.74 Å². The molecule has 2 rings (SSSR count). The lowest BCUT2D eigenvalue weighted by Crippen LogP contribution is -2.27. The smallest absolute Gasteiger partial charge is 0.165 e. The highest BCUT2D eigenvalue weighted by molar-refractivity contribution is 7.80. The second-order valence-corrected chi connectivity index (χ2v) is 4.90. The number of benzene rings is 1. The van der Waals surface area contributed by atoms with Crippen LogP contribution in [-0.2, 0) is 0 Å². The number of halogens is 1. The standard InChI is InChI=1S/C13H17FOS/c14-11-5-1-2-6-12(11)15-9-13(10-16)7-3-4-8-13/h1-2,5-6,16H,3-4,7-10H2. The van der Waals surface area contributed by atoms with Crippen LogP contribution in [0.1, 0.15) is 25.7 Å². The van der Waals surface area contributed by atoms with Crippen LogP contribution in [-0.4, -0.2) is 12.4 Å². The van der Waals surface area contributed by atoms with E-state index in [0.717, 1.165) is 18.6 Å². The molecule has 0 aliphatic heterocycles. The Kier molecular flexibility index (Phi) is 3.74. The fraction of sp³-hybridized carbons (Fsp3) is 0.538. The van der Waals surface area contributed by atoms with Crippen LogP contribution in [0.2, 0.25) is 0 Å². The lowest BCUT2D eigenvalue weighted by molar-refractivity contribution is 0.167. The van der Waals surface area contributed by atoms with E-state index in [1.165, 1.54) is 18.9 Å². The largest absolute Gasteiger partial charge is 0.490 e. The van der Waals surface area contributed by atoms with Crippen LogP contribution in [0.25, 0.3) is 0 Å². The van der Waals surface area contributed by atoms with Gasteiger partial charge < -0.3 is 4.74 Å². The molecule has 88 valence electrons. The van der Waals surface area contributed by atoms with Crippen LogP contribution in [0.5, 0.6) is 5.75 Å². The van der Waals surface area contributed by atoms with Crippen LogP contribution in [0.4, 0.5) is 4.39 Å². The molecule has 1 aliphatic rings. The fourth-order valence-electron chi connectivity index (χ4n) is 2.27. The van der Waals surface area contributed by atoms with Gasteiger partial charge in [-0.15, -0.1) is 0 Å². The summed E-state index contributed by atoms with van der Waals surface area (Å²) in [5.74, 6) is 0.895. The van der Waals surface area contributed by atoms with Gasteiger partial charge in [0, 0.05) is 5.41 Å². The van der Waals surface area contributed by atoms with Gasteiger partial charge in [-0.05, 0) is 30.7 Å². The molecule has 0 bridgehead atoms. The van der Waals surface area contributed by atoms with Gasteiger partial charge in [-0.1, -0.05) is 25.0 Å². The quantitative estimate of drug-likeness (QED) is 0.790. The van der Waals surface area contributed by atoms with Gasteiger partial charge in [0.25, 0.3) is 0 Å². The van der Waals surface area contributed by atoms with Crippen molar-refractivity contribution in [3.8, 4) is 5.75 Å². The summed E-state index contributed by atoms with van der Waals surface area (Å²) in [6.45, 7) is 0.581. The van der Waals surface area contributed by atoms with Crippen molar-refractivity contribution in [2.24, 2.45) is 5.41 Å². The predicted molar refractivity (Wildman–Crippen MR) is 66.6 cm³/mol. The number of hydrogen-bond acceptors (Lipinski definition) is 2. The summed E-state index contributed by atoms with van der Waals surface area (Å²) in [4.78, 5) is 0. The minimum atomic E-state index is -0.283. The highest BCUT2D eigenvalue weighted by atomic mass is 32.1. The van der Waals surface area contributed by atoms with E-state index in [1.54, 1.807) is 18.2 Å². The SMILES string of the molecule is Fc1ccccc1OCC1(CS)CCCC1. The predicted octanol–water partition coefficient (Wildman–Crippen LogP) is 3.69. The summed E-state index contributed by atoms with van der Waals surface area (Å²) in [5.41, 5.74) is 0.158. The maximum atomic E-state index is 13.3. The minimum absolute atomic E-state index is 0.158. The molecular formula is C13H17FOS. The zero-order valence-electron chi connectivity index (χ0n) is 9.29. The molecule has 1 saturated carbocycles. The molecular weight excluding hydrogens is 223 g/mol. The molecule has 1 aromatic rings. The summed E-state index contributed by atoms with van der Waals surface area (Å²) in [6.07, 6.45) is 4.76. The molecule has 0 heterocycles. The van der Waals surface area contributed by atoms with Gasteiger partial charge in [0.15, 0.2) is 11.6 Å². The van der Waals surface area contributed by atoms with Crippen molar-refractivity contribution in [1.29, 1.82) is 0 Å². The minimum Gasteiger partial charge on any atom is -0.490 e. The van der Waals surface area contributed by atoms with Gasteiger partial charge in [-0.2, -0.15) is 12.6 Å². The third-order valence-electron chi connectivity index (χ3n) is 3.37. The molecule has 0 N–H and O–H groups in total. The van der Waals surface area contributed by atoms with Gasteiger partial charge in [-0.3, -0.25) is 0 Å². The zero-order chi connectivity index (χ0) is 11.4. The summed E-state index contributed by atoms with van der Waals surface area (Å²) in [7, 11) is 0. The number of para-hydroxylation sites is 1. The Labute approximate surface area is 101 Å². The molecule has 0 amide bonds. The Bertz CT molecular complexity index is 348. The molecule has 16 heavy (non-hydrogen) atoms. The van der Waals surface area contributed by atoms with Crippen molar-refractivity contribution >= 4 is 12.6 Å². The first kappa shape index (κ1) is 11.8. The first-order chi connectivity index (χ1) is 7.76. The summed E-state index contributed by atoms with van der Waals surface area (Å²) >= 11 is 4.40. The van der Waals surface area contributed by atoms with Gasteiger partial charge in [0.1, 0.15) is 0 Å². The van der Waals surface area contributed by atoms with Crippen molar-refractivity contribution < 1.29 is 9.13 Å². The monoisotopic (exact) mass is 240 g/mol. The number of ether oxygens (including phenoxy) is 1. The molecule has 1 aliphatic carbocycles. The van der Waals surface area contributed by atoms with Gasteiger partial charge >= 0.3 is 0 Å². The fourth-order valence-corrected chi connectivity index (χ4v) is 2.67. The van der Waals surface area contributed by atoms with Crippen LogP contribution in [0.3, 0.4) is 0 Å². The Morgan fingerprint density at radius 2 is 1.94 bits per heavy atom. The van der Waals surface area contributed by atoms with E-state index in [4.69, 9.17) is 4.74 Å². The number of thiol groups is 1. The van der Waals surface area contributed by atoms with E-state index in [-0.39, 0.29) is 11.2 Å². The highest BCUT2D eigenvalue weighted by Crippen LogP contribution is 2.39. The second kappa shape index (κ2) is 5.09. The summed E-state index contributed by atoms with van der Waals surface area (Å²) in [5, 5.41) is 0. The maximum Gasteiger partial charge on any atom is 0.165 e. The summed E-state index contributed by atoms with van der Waals surface area (Å²) < 4.78 is 18.9. The topological polar surface area (TPSA) is 9.23 Å². The molecule has 1 fully saturated rings. The average molecular weight is 240 g/mol. The normalized spacial score (nSPS) is 18.6. The van der Waals surface area contributed by atoms with Crippen molar-refractivity contribution in [2.45, 2.75) is 25.7 Å². The Morgan fingerprint density at radius 1 is 1.25 bits per heavy atom. The van der Waals surface area contributed by atoms with Crippen molar-refractivity contribution in [1.82, 2.24) is 0 Å². The van der Waals surface area contributed by atoms with Gasteiger partial charge in [0.05, 0.1) is 6.61 Å². The molecule has 3 heteroatoms.